The van der Waals surface area contributed by atoms with Gasteiger partial charge in [-0.15, -0.1) is 0 Å². The van der Waals surface area contributed by atoms with E-state index in [-0.39, 0.29) is 0 Å². The Labute approximate surface area is 316 Å². The molecule has 0 N–H and O–H groups in total. The van der Waals surface area contributed by atoms with Crippen LogP contribution in [0.25, 0.3) is 103 Å². The average Bonchev–Trinajstić information content (AvgIpc) is 3.89. The van der Waals surface area contributed by atoms with Gasteiger partial charge in [-0.1, -0.05) is 109 Å². The molecule has 3 heterocycles. The Morgan fingerprint density at radius 2 is 0.891 bits per heavy atom. The van der Waals surface area contributed by atoms with E-state index in [1.54, 1.807) is 0 Å². The van der Waals surface area contributed by atoms with E-state index in [2.05, 4.69) is 181 Å². The highest BCUT2D eigenvalue weighted by Crippen LogP contribution is 2.42. The Kier molecular flexibility index (Phi) is 6.61. The van der Waals surface area contributed by atoms with E-state index in [1.807, 2.05) is 18.2 Å². The fourth-order valence-corrected chi connectivity index (χ4v) is 8.73. The van der Waals surface area contributed by atoms with Gasteiger partial charge in [-0.25, -0.2) is 9.69 Å². The molecular formula is C50H29N5. The monoisotopic (exact) mass is 699 g/mol. The van der Waals surface area contributed by atoms with Crippen molar-refractivity contribution in [3.8, 4) is 28.2 Å². The highest BCUT2D eigenvalue weighted by Gasteiger charge is 2.21. The zero-order valence-corrected chi connectivity index (χ0v) is 29.5. The van der Waals surface area contributed by atoms with Gasteiger partial charge >= 0.3 is 0 Å². The first-order chi connectivity index (χ1) is 27.2. The Hall–Kier alpha value is -7.86. The third-order valence-corrected chi connectivity index (χ3v) is 11.1. The third-order valence-electron chi connectivity index (χ3n) is 11.1. The van der Waals surface area contributed by atoms with Crippen molar-refractivity contribution in [1.29, 1.82) is 0 Å². The van der Waals surface area contributed by atoms with Gasteiger partial charge in [0.15, 0.2) is 11.4 Å². The zero-order chi connectivity index (χ0) is 36.6. The minimum Gasteiger partial charge on any atom is -0.309 e. The quantitative estimate of drug-likeness (QED) is 0.163. The maximum atomic E-state index is 8.37. The Morgan fingerprint density at radius 1 is 0.364 bits per heavy atom. The first kappa shape index (κ1) is 30.7. The molecule has 11 aromatic rings. The standard InChI is InChI=1S/C50H29N5/c1-51-33-24-29-48-42(30-33)40-15-6-10-20-47(40)55(48)49-21-11-16-41-39-14-5-9-19-46(39)54(50(41)49)35-27-28-36(43(31-35)52-2)32-22-25-34(26-23-32)53-44-17-7-3-12-37(44)38-13-4-8-18-45(38)53/h3-31H. The van der Waals surface area contributed by atoms with E-state index >= 15 is 0 Å². The zero-order valence-electron chi connectivity index (χ0n) is 29.5. The molecule has 254 valence electrons. The number of hydrogen-bond acceptors (Lipinski definition) is 0. The second-order valence-electron chi connectivity index (χ2n) is 13.9. The molecule has 0 fully saturated rings. The van der Waals surface area contributed by atoms with Crippen LogP contribution in [0.5, 0.6) is 0 Å². The van der Waals surface area contributed by atoms with Gasteiger partial charge in [-0.05, 0) is 83.2 Å². The van der Waals surface area contributed by atoms with E-state index in [4.69, 9.17) is 13.1 Å². The molecule has 0 aliphatic carbocycles. The second-order valence-corrected chi connectivity index (χ2v) is 13.9. The molecule has 3 aromatic heterocycles. The smallest absolute Gasteiger partial charge is 0.196 e. The molecule has 0 unspecified atom stereocenters. The average molecular weight is 700 g/mol. The SMILES string of the molecule is [C-]#[N+]c1ccc2c(c1)c1ccccc1n2-c1cccc2c3ccccc3n(-c3ccc(-c4ccc(-n5c6ccccc6c6ccccc65)cc4)c([N+]#[C-])c3)c12. The molecule has 0 bridgehead atoms. The molecule has 0 atom stereocenters. The van der Waals surface area contributed by atoms with E-state index in [0.717, 1.165) is 71.8 Å². The van der Waals surface area contributed by atoms with Crippen molar-refractivity contribution in [3.05, 3.63) is 199 Å². The minimum atomic E-state index is 0.592. The van der Waals surface area contributed by atoms with Gasteiger partial charge in [0.25, 0.3) is 0 Å². The lowest BCUT2D eigenvalue weighted by Crippen LogP contribution is -2.00. The van der Waals surface area contributed by atoms with Crippen LogP contribution in [0.1, 0.15) is 0 Å². The predicted molar refractivity (Wildman–Crippen MR) is 227 cm³/mol. The molecule has 0 radical (unpaired) electrons. The summed E-state index contributed by atoms with van der Waals surface area (Å²) in [5, 5.41) is 6.89. The lowest BCUT2D eigenvalue weighted by atomic mass is 10.0. The van der Waals surface area contributed by atoms with Gasteiger partial charge in [-0.2, -0.15) is 0 Å². The van der Waals surface area contributed by atoms with Gasteiger partial charge in [0.2, 0.25) is 0 Å². The molecule has 0 saturated heterocycles. The molecular weight excluding hydrogens is 671 g/mol. The van der Waals surface area contributed by atoms with Crippen LogP contribution in [0.2, 0.25) is 0 Å². The topological polar surface area (TPSA) is 23.5 Å². The number of benzene rings is 8. The molecule has 5 nitrogen and oxygen atoms in total. The van der Waals surface area contributed by atoms with Crippen LogP contribution in [0.4, 0.5) is 11.4 Å². The Morgan fingerprint density at radius 3 is 1.53 bits per heavy atom. The van der Waals surface area contributed by atoms with Crippen LogP contribution < -0.4 is 0 Å². The molecule has 0 saturated carbocycles. The third kappa shape index (κ3) is 4.45. The lowest BCUT2D eigenvalue weighted by molar-refractivity contribution is 1.13. The lowest BCUT2D eigenvalue weighted by Gasteiger charge is -2.16. The van der Waals surface area contributed by atoms with Gasteiger partial charge in [0, 0.05) is 38.3 Å². The van der Waals surface area contributed by atoms with Gasteiger partial charge in [0.05, 0.1) is 51.9 Å². The summed E-state index contributed by atoms with van der Waals surface area (Å²) in [7, 11) is 0. The number of nitrogens with zero attached hydrogens (tertiary/aromatic N) is 5. The number of fused-ring (bicyclic) bond motifs is 9. The van der Waals surface area contributed by atoms with Crippen molar-refractivity contribution in [3.63, 3.8) is 0 Å². The number of hydrogen-bond donors (Lipinski definition) is 0. The van der Waals surface area contributed by atoms with E-state index in [1.165, 1.54) is 21.8 Å². The molecule has 0 aliphatic heterocycles. The summed E-state index contributed by atoms with van der Waals surface area (Å²) in [5.41, 5.74) is 12.7. The fourth-order valence-electron chi connectivity index (χ4n) is 8.73. The largest absolute Gasteiger partial charge is 0.309 e. The van der Waals surface area contributed by atoms with Crippen LogP contribution in [0.3, 0.4) is 0 Å². The van der Waals surface area contributed by atoms with Crippen molar-refractivity contribution in [2.24, 2.45) is 0 Å². The fraction of sp³-hybridized carbons (Fsp3) is 0. The maximum Gasteiger partial charge on any atom is 0.196 e. The maximum absolute atomic E-state index is 8.37. The number of rotatable bonds is 4. The summed E-state index contributed by atoms with van der Waals surface area (Å²) in [4.78, 5) is 7.84. The Bertz CT molecular complexity index is 3400. The summed E-state index contributed by atoms with van der Waals surface area (Å²) < 4.78 is 6.94. The molecule has 5 heteroatoms. The Balaban J connectivity index is 1.09. The first-order valence-electron chi connectivity index (χ1n) is 18.3. The van der Waals surface area contributed by atoms with Crippen molar-refractivity contribution in [2.45, 2.75) is 0 Å². The van der Waals surface area contributed by atoms with E-state index < -0.39 is 0 Å². The van der Waals surface area contributed by atoms with Crippen LogP contribution in [-0.4, -0.2) is 13.7 Å². The molecule has 11 rings (SSSR count). The summed E-state index contributed by atoms with van der Waals surface area (Å²) in [6, 6.07) is 61.2. The summed E-state index contributed by atoms with van der Waals surface area (Å²) >= 11 is 0. The molecule has 0 spiro atoms. The van der Waals surface area contributed by atoms with Crippen LogP contribution >= 0.6 is 0 Å². The predicted octanol–water partition coefficient (Wildman–Crippen LogP) is 13.7. The van der Waals surface area contributed by atoms with Gasteiger partial charge in [-0.3, -0.25) is 0 Å². The molecule has 55 heavy (non-hydrogen) atoms. The highest BCUT2D eigenvalue weighted by atomic mass is 15.1. The molecule has 0 amide bonds. The molecule has 8 aromatic carbocycles. The summed E-state index contributed by atoms with van der Waals surface area (Å²) in [5.74, 6) is 0. The van der Waals surface area contributed by atoms with Crippen LogP contribution in [-0.2, 0) is 0 Å². The molecule has 0 aliphatic rings. The highest BCUT2D eigenvalue weighted by molar-refractivity contribution is 6.15. The first-order valence-corrected chi connectivity index (χ1v) is 18.3. The number of aromatic nitrogens is 3. The van der Waals surface area contributed by atoms with Crippen LogP contribution in [0.15, 0.2) is 176 Å². The summed E-state index contributed by atoms with van der Waals surface area (Å²) in [6.45, 7) is 16.1. The minimum absolute atomic E-state index is 0.592. The number of para-hydroxylation sites is 5. The van der Waals surface area contributed by atoms with Gasteiger partial charge in [0.1, 0.15) is 0 Å². The normalized spacial score (nSPS) is 11.6. The van der Waals surface area contributed by atoms with Crippen molar-refractivity contribution < 1.29 is 0 Å². The van der Waals surface area contributed by atoms with Crippen molar-refractivity contribution in [2.75, 3.05) is 0 Å². The van der Waals surface area contributed by atoms with Gasteiger partial charge < -0.3 is 13.7 Å². The van der Waals surface area contributed by atoms with Crippen molar-refractivity contribution in [1.82, 2.24) is 13.7 Å². The van der Waals surface area contributed by atoms with E-state index in [9.17, 15) is 0 Å². The van der Waals surface area contributed by atoms with E-state index in [0.29, 0.717) is 11.4 Å². The van der Waals surface area contributed by atoms with Crippen LogP contribution in [0, 0.1) is 13.1 Å². The summed E-state index contributed by atoms with van der Waals surface area (Å²) in [6.07, 6.45) is 0. The second kappa shape index (κ2) is 11.8. The van der Waals surface area contributed by atoms with Crippen molar-refractivity contribution >= 4 is 76.8 Å².